The van der Waals surface area contributed by atoms with E-state index in [1.54, 1.807) is 6.92 Å². The van der Waals surface area contributed by atoms with E-state index in [4.69, 9.17) is 16.7 Å². The number of carbonyl (C=O) groups is 1. The summed E-state index contributed by atoms with van der Waals surface area (Å²) in [5.74, 6) is -1.51. The van der Waals surface area contributed by atoms with Gasteiger partial charge in [-0.2, -0.15) is 0 Å². The summed E-state index contributed by atoms with van der Waals surface area (Å²) in [6, 6.07) is 4.21. The van der Waals surface area contributed by atoms with Crippen LogP contribution >= 0.6 is 11.6 Å². The molecule has 0 saturated heterocycles. The molecule has 1 rings (SSSR count). The fraction of sp³-hybridized carbons (Fsp3) is 0.364. The summed E-state index contributed by atoms with van der Waals surface area (Å²) in [5.41, 5.74) is -1.75. The number of carboxylic acid groups (broad SMARTS) is 1. The fourth-order valence-corrected chi connectivity index (χ4v) is 2.89. The molecule has 0 amide bonds. The zero-order valence-corrected chi connectivity index (χ0v) is 11.9. The fourth-order valence-electron chi connectivity index (χ4n) is 1.30. The highest BCUT2D eigenvalue weighted by Gasteiger charge is 2.32. The van der Waals surface area contributed by atoms with Crippen molar-refractivity contribution in [3.8, 4) is 0 Å². The number of aliphatic carboxylic acids is 1. The number of carboxylic acids is 1. The summed E-state index contributed by atoms with van der Waals surface area (Å²) in [6.07, 6.45) is 0. The highest BCUT2D eigenvalue weighted by Crippen LogP contribution is 2.19. The first-order chi connectivity index (χ1) is 8.56. The Hall–Kier alpha value is -1.15. The maximum Gasteiger partial charge on any atom is 0.336 e. The Morgan fingerprint density at radius 3 is 2.53 bits per heavy atom. The van der Waals surface area contributed by atoms with Gasteiger partial charge in [-0.1, -0.05) is 11.6 Å². The first-order valence-corrected chi connectivity index (χ1v) is 7.14. The van der Waals surface area contributed by atoms with Crippen LogP contribution in [-0.4, -0.2) is 36.7 Å². The predicted molar refractivity (Wildman–Crippen MR) is 69.6 cm³/mol. The number of nitrogens with one attached hydrogen (secondary N) is 1. The van der Waals surface area contributed by atoms with Crippen LogP contribution in [0.1, 0.15) is 12.5 Å². The van der Waals surface area contributed by atoms with E-state index in [0.29, 0.717) is 10.6 Å². The number of sulfonamides is 1. The van der Waals surface area contributed by atoms with Crippen LogP contribution in [0.4, 0.5) is 0 Å². The molecule has 1 aromatic carbocycles. The van der Waals surface area contributed by atoms with Gasteiger partial charge in [-0.3, -0.25) is 0 Å². The monoisotopic (exact) mass is 307 g/mol. The number of halogens is 1. The van der Waals surface area contributed by atoms with Crippen molar-refractivity contribution < 1.29 is 23.4 Å². The van der Waals surface area contributed by atoms with Crippen LogP contribution in [0, 0.1) is 6.92 Å². The minimum Gasteiger partial charge on any atom is -0.479 e. The van der Waals surface area contributed by atoms with Crippen molar-refractivity contribution in [2.75, 3.05) is 6.54 Å². The molecule has 106 valence electrons. The molecule has 0 aliphatic carbocycles. The maximum atomic E-state index is 12.0. The molecule has 0 aliphatic rings. The van der Waals surface area contributed by atoms with Gasteiger partial charge in [0.25, 0.3) is 0 Å². The Bertz CT molecular complexity index is 597. The second-order valence-corrected chi connectivity index (χ2v) is 6.49. The van der Waals surface area contributed by atoms with E-state index in [1.165, 1.54) is 18.2 Å². The molecule has 0 aliphatic heterocycles. The van der Waals surface area contributed by atoms with Crippen molar-refractivity contribution in [3.05, 3.63) is 28.8 Å². The lowest BCUT2D eigenvalue weighted by Crippen LogP contribution is -2.46. The van der Waals surface area contributed by atoms with Gasteiger partial charge in [-0.15, -0.1) is 0 Å². The highest BCUT2D eigenvalue weighted by atomic mass is 35.5. The Labute approximate surface area is 116 Å². The van der Waals surface area contributed by atoms with Gasteiger partial charge in [0.2, 0.25) is 10.0 Å². The third-order valence-electron chi connectivity index (χ3n) is 2.49. The highest BCUT2D eigenvalue weighted by molar-refractivity contribution is 7.89. The van der Waals surface area contributed by atoms with E-state index in [-0.39, 0.29) is 4.90 Å². The van der Waals surface area contributed by atoms with E-state index >= 15 is 0 Å². The summed E-state index contributed by atoms with van der Waals surface area (Å²) in [6.45, 7) is 1.94. The average molecular weight is 308 g/mol. The summed E-state index contributed by atoms with van der Waals surface area (Å²) in [7, 11) is -3.91. The van der Waals surface area contributed by atoms with E-state index < -0.39 is 28.1 Å². The van der Waals surface area contributed by atoms with Crippen LogP contribution < -0.4 is 4.72 Å². The van der Waals surface area contributed by atoms with Gasteiger partial charge in [-0.05, 0) is 37.6 Å². The molecule has 0 heterocycles. The van der Waals surface area contributed by atoms with Gasteiger partial charge >= 0.3 is 5.97 Å². The minimum atomic E-state index is -3.91. The van der Waals surface area contributed by atoms with Crippen LogP contribution in [0.15, 0.2) is 23.1 Å². The lowest BCUT2D eigenvalue weighted by molar-refractivity contribution is -0.155. The van der Waals surface area contributed by atoms with Crippen LogP contribution in [0.25, 0.3) is 0 Å². The number of hydrogen-bond acceptors (Lipinski definition) is 4. The molecule has 1 atom stereocenters. The van der Waals surface area contributed by atoms with Crippen molar-refractivity contribution in [1.82, 2.24) is 4.72 Å². The van der Waals surface area contributed by atoms with Crippen molar-refractivity contribution in [2.45, 2.75) is 24.3 Å². The van der Waals surface area contributed by atoms with Gasteiger partial charge < -0.3 is 10.2 Å². The predicted octanol–water partition coefficient (Wildman–Crippen LogP) is 0.762. The number of aryl methyl sites for hydroxylation is 1. The lowest BCUT2D eigenvalue weighted by Gasteiger charge is -2.18. The smallest absolute Gasteiger partial charge is 0.336 e. The molecule has 0 aromatic heterocycles. The molecule has 1 aromatic rings. The van der Waals surface area contributed by atoms with Gasteiger partial charge in [0, 0.05) is 5.02 Å². The van der Waals surface area contributed by atoms with Gasteiger partial charge in [0.1, 0.15) is 0 Å². The SMILES string of the molecule is Cc1cc(Cl)ccc1S(=O)(=O)NCC(C)(O)C(=O)O. The third kappa shape index (κ3) is 3.90. The molecule has 6 nitrogen and oxygen atoms in total. The van der Waals surface area contributed by atoms with Crippen LogP contribution in [0.3, 0.4) is 0 Å². The topological polar surface area (TPSA) is 104 Å². The molecule has 3 N–H and O–H groups in total. The normalized spacial score (nSPS) is 14.9. The first-order valence-electron chi connectivity index (χ1n) is 5.28. The van der Waals surface area contributed by atoms with E-state index in [2.05, 4.69) is 4.72 Å². The lowest BCUT2D eigenvalue weighted by atomic mass is 10.1. The average Bonchev–Trinajstić information content (AvgIpc) is 2.26. The third-order valence-corrected chi connectivity index (χ3v) is 4.29. The van der Waals surface area contributed by atoms with E-state index in [1.807, 2.05) is 0 Å². The molecule has 8 heteroatoms. The van der Waals surface area contributed by atoms with Crippen molar-refractivity contribution in [2.24, 2.45) is 0 Å². The maximum absolute atomic E-state index is 12.0. The second kappa shape index (κ2) is 5.46. The van der Waals surface area contributed by atoms with Crippen molar-refractivity contribution in [3.63, 3.8) is 0 Å². The number of hydrogen-bond donors (Lipinski definition) is 3. The van der Waals surface area contributed by atoms with Crippen molar-refractivity contribution in [1.29, 1.82) is 0 Å². The number of rotatable bonds is 5. The number of aliphatic hydroxyl groups is 1. The summed E-state index contributed by atoms with van der Waals surface area (Å²) < 4.78 is 26.0. The minimum absolute atomic E-state index is 0.0157. The molecule has 0 fully saturated rings. The largest absolute Gasteiger partial charge is 0.479 e. The molecular weight excluding hydrogens is 294 g/mol. The van der Waals surface area contributed by atoms with E-state index in [0.717, 1.165) is 6.92 Å². The van der Waals surface area contributed by atoms with Crippen LogP contribution in [0.5, 0.6) is 0 Å². The molecule has 1 unspecified atom stereocenters. The Balaban J connectivity index is 2.97. The summed E-state index contributed by atoms with van der Waals surface area (Å²) >= 11 is 5.73. The Kier molecular flexibility index (Phi) is 4.57. The molecule has 0 radical (unpaired) electrons. The molecule has 0 spiro atoms. The van der Waals surface area contributed by atoms with Crippen LogP contribution in [0.2, 0.25) is 5.02 Å². The quantitative estimate of drug-likeness (QED) is 0.745. The van der Waals surface area contributed by atoms with Gasteiger partial charge in [0.15, 0.2) is 5.60 Å². The molecule has 19 heavy (non-hydrogen) atoms. The Morgan fingerprint density at radius 2 is 2.05 bits per heavy atom. The standard InChI is InChI=1S/C11H14ClNO5S/c1-7-5-8(12)3-4-9(7)19(17,18)13-6-11(2,16)10(14)15/h3-5,13,16H,6H2,1-2H3,(H,14,15). The molecule has 0 saturated carbocycles. The molecular formula is C11H14ClNO5S. The zero-order chi connectivity index (χ0) is 14.8. The van der Waals surface area contributed by atoms with Crippen molar-refractivity contribution >= 4 is 27.6 Å². The van der Waals surface area contributed by atoms with Gasteiger partial charge in [-0.25, -0.2) is 17.9 Å². The van der Waals surface area contributed by atoms with Gasteiger partial charge in [0.05, 0.1) is 11.4 Å². The molecule has 0 bridgehead atoms. The summed E-state index contributed by atoms with van der Waals surface area (Å²) in [5, 5.41) is 18.6. The zero-order valence-electron chi connectivity index (χ0n) is 10.3. The Morgan fingerprint density at radius 1 is 1.47 bits per heavy atom. The van der Waals surface area contributed by atoms with E-state index in [9.17, 15) is 18.3 Å². The summed E-state index contributed by atoms with van der Waals surface area (Å²) in [4.78, 5) is 10.7. The second-order valence-electron chi connectivity index (χ2n) is 4.31. The van der Waals surface area contributed by atoms with Crippen LogP contribution in [-0.2, 0) is 14.8 Å². The number of benzene rings is 1. The first kappa shape index (κ1) is 15.9.